The Morgan fingerprint density at radius 3 is 2.61 bits per heavy atom. The minimum absolute atomic E-state index is 0.0153. The first-order valence-corrected chi connectivity index (χ1v) is 8.78. The summed E-state index contributed by atoms with van der Waals surface area (Å²) in [6, 6.07) is 4.84. The zero-order valence-corrected chi connectivity index (χ0v) is 16.6. The lowest BCUT2D eigenvalue weighted by atomic mass is 10.1. The van der Waals surface area contributed by atoms with E-state index in [0.717, 1.165) is 5.01 Å². The maximum absolute atomic E-state index is 12.1. The number of benzene rings is 1. The number of esters is 1. The summed E-state index contributed by atoms with van der Waals surface area (Å²) in [5.74, 6) is -0.888. The van der Waals surface area contributed by atoms with Crippen LogP contribution < -0.4 is 9.47 Å². The fraction of sp³-hybridized carbons (Fsp3) is 0.222. The summed E-state index contributed by atoms with van der Waals surface area (Å²) in [4.78, 5) is 27.7. The maximum atomic E-state index is 12.1. The van der Waals surface area contributed by atoms with Crippen LogP contribution in [0.2, 0.25) is 10.0 Å². The average Bonchev–Trinajstić information content (AvgIpc) is 3.10. The summed E-state index contributed by atoms with van der Waals surface area (Å²) in [6.45, 7) is 2.57. The highest BCUT2D eigenvalue weighted by Crippen LogP contribution is 2.44. The molecule has 1 unspecified atom stereocenters. The molecule has 0 aliphatic carbocycles. The quantitative estimate of drug-likeness (QED) is 0.551. The van der Waals surface area contributed by atoms with Crippen molar-refractivity contribution in [2.75, 3.05) is 7.11 Å². The first-order chi connectivity index (χ1) is 13.3. The molecule has 0 N–H and O–H groups in total. The highest BCUT2D eigenvalue weighted by atomic mass is 35.5. The van der Waals surface area contributed by atoms with E-state index in [-0.39, 0.29) is 38.9 Å². The molecule has 0 spiro atoms. The van der Waals surface area contributed by atoms with E-state index < -0.39 is 12.2 Å². The van der Waals surface area contributed by atoms with E-state index in [1.807, 2.05) is 0 Å². The number of halogens is 2. The molecule has 146 valence electrons. The van der Waals surface area contributed by atoms with Crippen LogP contribution in [0.15, 0.2) is 35.7 Å². The molecule has 1 aliphatic rings. The van der Waals surface area contributed by atoms with Crippen molar-refractivity contribution in [2.24, 2.45) is 5.10 Å². The monoisotopic (exact) mass is 423 g/mol. The number of ether oxygens (including phenoxy) is 3. The molecule has 8 nitrogen and oxygen atoms in total. The Hall–Kier alpha value is -2.84. The topological polar surface area (TPSA) is 90.3 Å². The van der Waals surface area contributed by atoms with Crippen LogP contribution in [-0.2, 0) is 14.3 Å². The Morgan fingerprint density at radius 1 is 1.29 bits per heavy atom. The van der Waals surface area contributed by atoms with E-state index in [2.05, 4.69) is 10.1 Å². The van der Waals surface area contributed by atoms with Gasteiger partial charge in [-0.1, -0.05) is 29.3 Å². The molecular weight excluding hydrogens is 409 g/mol. The SMILES string of the molecule is COc1cc(Cl)c(Cl)c(C2=NN(C(C)=O)C(c3cccnc3)O2)c1OC(C)=O. The molecule has 2 aromatic rings. The molecule has 1 aromatic heterocycles. The Balaban J connectivity index is 2.15. The van der Waals surface area contributed by atoms with E-state index in [4.69, 9.17) is 37.4 Å². The van der Waals surface area contributed by atoms with Crippen molar-refractivity contribution in [3.05, 3.63) is 51.8 Å². The van der Waals surface area contributed by atoms with Crippen molar-refractivity contribution in [1.82, 2.24) is 9.99 Å². The van der Waals surface area contributed by atoms with Crippen LogP contribution in [0, 0.1) is 0 Å². The summed E-state index contributed by atoms with van der Waals surface area (Å²) in [6.07, 6.45) is 2.27. The third kappa shape index (κ3) is 3.74. The maximum Gasteiger partial charge on any atom is 0.308 e. The van der Waals surface area contributed by atoms with Crippen LogP contribution in [0.5, 0.6) is 11.5 Å². The lowest BCUT2D eigenvalue weighted by Crippen LogP contribution is -2.25. The van der Waals surface area contributed by atoms with Crippen LogP contribution in [0.1, 0.15) is 31.2 Å². The van der Waals surface area contributed by atoms with Crippen molar-refractivity contribution >= 4 is 41.0 Å². The number of hydrogen-bond donors (Lipinski definition) is 0. The number of methoxy groups -OCH3 is 1. The standard InChI is InChI=1S/C18H15Cl2N3O5/c1-9(24)23-18(11-5-4-6-21-8-11)28-17(22-23)14-15(20)12(19)7-13(26-3)16(14)27-10(2)25/h4-8,18H,1-3H3. The zero-order chi connectivity index (χ0) is 20.4. The van der Waals surface area contributed by atoms with E-state index in [1.54, 1.807) is 24.5 Å². The van der Waals surface area contributed by atoms with E-state index >= 15 is 0 Å². The van der Waals surface area contributed by atoms with Gasteiger partial charge in [-0.2, -0.15) is 5.01 Å². The molecule has 0 saturated heterocycles. The largest absolute Gasteiger partial charge is 0.493 e. The molecule has 1 atom stereocenters. The second kappa shape index (κ2) is 8.04. The predicted molar refractivity (Wildman–Crippen MR) is 101 cm³/mol. The van der Waals surface area contributed by atoms with Crippen molar-refractivity contribution < 1.29 is 23.8 Å². The molecular formula is C18H15Cl2N3O5. The molecule has 0 bridgehead atoms. The van der Waals surface area contributed by atoms with Gasteiger partial charge in [0.15, 0.2) is 11.5 Å². The molecule has 10 heteroatoms. The van der Waals surface area contributed by atoms with E-state index in [0.29, 0.717) is 5.56 Å². The van der Waals surface area contributed by atoms with Gasteiger partial charge in [-0.05, 0) is 6.07 Å². The second-order valence-electron chi connectivity index (χ2n) is 5.70. The van der Waals surface area contributed by atoms with Gasteiger partial charge in [0.05, 0.1) is 17.2 Å². The molecule has 1 aliphatic heterocycles. The van der Waals surface area contributed by atoms with Gasteiger partial charge >= 0.3 is 5.97 Å². The van der Waals surface area contributed by atoms with Gasteiger partial charge in [-0.15, -0.1) is 5.10 Å². The fourth-order valence-corrected chi connectivity index (χ4v) is 2.99. The van der Waals surface area contributed by atoms with Crippen molar-refractivity contribution in [3.8, 4) is 11.5 Å². The number of carbonyl (C=O) groups is 2. The lowest BCUT2D eigenvalue weighted by molar-refractivity contribution is -0.135. The van der Waals surface area contributed by atoms with Crippen LogP contribution >= 0.6 is 23.2 Å². The van der Waals surface area contributed by atoms with Gasteiger partial charge in [0.1, 0.15) is 5.56 Å². The van der Waals surface area contributed by atoms with Crippen LogP contribution in [-0.4, -0.2) is 34.9 Å². The van der Waals surface area contributed by atoms with Gasteiger partial charge in [0.2, 0.25) is 18.0 Å². The number of amides is 1. The Bertz CT molecular complexity index is 965. The number of carbonyl (C=O) groups excluding carboxylic acids is 2. The van der Waals surface area contributed by atoms with Gasteiger partial charge < -0.3 is 14.2 Å². The molecule has 28 heavy (non-hydrogen) atoms. The summed E-state index contributed by atoms with van der Waals surface area (Å²) < 4.78 is 16.4. The minimum atomic E-state index is -0.868. The summed E-state index contributed by atoms with van der Waals surface area (Å²) in [5.41, 5.74) is 0.689. The van der Waals surface area contributed by atoms with Crippen molar-refractivity contribution in [3.63, 3.8) is 0 Å². The summed E-state index contributed by atoms with van der Waals surface area (Å²) in [5, 5.41) is 5.52. The molecule has 1 amide bonds. The second-order valence-corrected chi connectivity index (χ2v) is 6.48. The third-order valence-corrected chi connectivity index (χ3v) is 4.54. The van der Waals surface area contributed by atoms with Crippen LogP contribution in [0.25, 0.3) is 0 Å². The average molecular weight is 424 g/mol. The van der Waals surface area contributed by atoms with Crippen molar-refractivity contribution in [1.29, 1.82) is 0 Å². The molecule has 0 radical (unpaired) electrons. The number of nitrogens with zero attached hydrogens (tertiary/aromatic N) is 3. The fourth-order valence-electron chi connectivity index (χ4n) is 2.58. The highest BCUT2D eigenvalue weighted by molar-refractivity contribution is 6.44. The van der Waals surface area contributed by atoms with Crippen LogP contribution in [0.4, 0.5) is 0 Å². The predicted octanol–water partition coefficient (Wildman–Crippen LogP) is 3.56. The first kappa shape index (κ1) is 19.9. The first-order valence-electron chi connectivity index (χ1n) is 8.03. The normalized spacial score (nSPS) is 15.7. The van der Waals surface area contributed by atoms with Gasteiger partial charge in [-0.3, -0.25) is 14.6 Å². The number of hydrogen-bond acceptors (Lipinski definition) is 7. The number of rotatable bonds is 4. The molecule has 3 rings (SSSR count). The smallest absolute Gasteiger partial charge is 0.308 e. The van der Waals surface area contributed by atoms with Gasteiger partial charge in [-0.25, -0.2) is 0 Å². The van der Waals surface area contributed by atoms with Gasteiger partial charge in [0, 0.05) is 37.9 Å². The summed E-state index contributed by atoms with van der Waals surface area (Å²) >= 11 is 12.5. The lowest BCUT2D eigenvalue weighted by Gasteiger charge is -2.19. The summed E-state index contributed by atoms with van der Waals surface area (Å²) in [7, 11) is 1.38. The Kier molecular flexibility index (Phi) is 5.71. The third-order valence-electron chi connectivity index (χ3n) is 3.75. The highest BCUT2D eigenvalue weighted by Gasteiger charge is 2.37. The molecule has 0 saturated carbocycles. The van der Waals surface area contributed by atoms with Crippen LogP contribution in [0.3, 0.4) is 0 Å². The Labute approximate surface area is 170 Å². The molecule has 0 fully saturated rings. The Morgan fingerprint density at radius 2 is 2.04 bits per heavy atom. The van der Waals surface area contributed by atoms with Gasteiger partial charge in [0.25, 0.3) is 0 Å². The van der Waals surface area contributed by atoms with E-state index in [9.17, 15) is 9.59 Å². The molecule has 1 aromatic carbocycles. The molecule has 2 heterocycles. The van der Waals surface area contributed by atoms with E-state index in [1.165, 1.54) is 27.0 Å². The number of pyridine rings is 1. The number of hydrazone groups is 1. The minimum Gasteiger partial charge on any atom is -0.493 e. The zero-order valence-electron chi connectivity index (χ0n) is 15.1. The number of aromatic nitrogens is 1. The van der Waals surface area contributed by atoms with Crippen molar-refractivity contribution in [2.45, 2.75) is 20.1 Å².